The van der Waals surface area contributed by atoms with Crippen LogP contribution in [0.3, 0.4) is 0 Å². The van der Waals surface area contributed by atoms with Crippen LogP contribution < -0.4 is 16.3 Å². The number of hydrogen-bond acceptors (Lipinski definition) is 7. The van der Waals surface area contributed by atoms with Crippen molar-refractivity contribution < 1.29 is 4.79 Å². The highest BCUT2D eigenvalue weighted by Crippen LogP contribution is 2.44. The number of hydrogen-bond donors (Lipinski definition) is 2. The number of rotatable bonds is 6. The second-order valence-electron chi connectivity index (χ2n) is 11.0. The molecule has 1 aliphatic heterocycles. The minimum Gasteiger partial charge on any atom is -0.398 e. The van der Waals surface area contributed by atoms with Crippen LogP contribution in [0.15, 0.2) is 60.2 Å². The van der Waals surface area contributed by atoms with Gasteiger partial charge in [-0.3, -0.25) is 14.3 Å². The summed E-state index contributed by atoms with van der Waals surface area (Å²) in [6.45, 7) is 9.04. The topological polar surface area (TPSA) is 121 Å². The first-order chi connectivity index (χ1) is 20.2. The van der Waals surface area contributed by atoms with E-state index in [9.17, 15) is 9.59 Å². The first-order valence-electron chi connectivity index (χ1n) is 14.0. The Kier molecular flexibility index (Phi) is 7.06. The number of pyridine rings is 1. The Bertz CT molecular complexity index is 1830. The van der Waals surface area contributed by atoms with E-state index in [1.165, 1.54) is 12.3 Å². The van der Waals surface area contributed by atoms with Crippen LogP contribution in [0, 0.1) is 12.3 Å². The van der Waals surface area contributed by atoms with Gasteiger partial charge < -0.3 is 20.9 Å². The van der Waals surface area contributed by atoms with Crippen LogP contribution >= 0.6 is 11.6 Å². The first-order valence-corrected chi connectivity index (χ1v) is 14.4. The predicted octanol–water partition coefficient (Wildman–Crippen LogP) is 5.09. The van der Waals surface area contributed by atoms with Gasteiger partial charge in [-0.1, -0.05) is 24.2 Å². The molecule has 0 spiro atoms. The van der Waals surface area contributed by atoms with Gasteiger partial charge in [-0.15, -0.1) is 0 Å². The van der Waals surface area contributed by atoms with Crippen molar-refractivity contribution >= 4 is 46.1 Å². The lowest BCUT2D eigenvalue weighted by Crippen LogP contribution is -2.54. The molecule has 4 aromatic rings. The molecule has 1 saturated heterocycles. The Morgan fingerprint density at radius 3 is 2.69 bits per heavy atom. The van der Waals surface area contributed by atoms with Crippen molar-refractivity contribution in [1.82, 2.24) is 19.4 Å². The summed E-state index contributed by atoms with van der Waals surface area (Å²) in [4.78, 5) is 39.2. The SMILES string of the molecule is C=CC(=O)N1CCN(c2nc(=O)n(-c3ccncc3C3CC3)c3cc(-c4c(C)ccc(N)c4C=N)c(Cl)cc23)[C@@H](C)C1. The lowest BCUT2D eigenvalue weighted by Gasteiger charge is -2.40. The van der Waals surface area contributed by atoms with E-state index in [2.05, 4.69) is 21.4 Å². The lowest BCUT2D eigenvalue weighted by atomic mass is 9.93. The summed E-state index contributed by atoms with van der Waals surface area (Å²) >= 11 is 7.03. The van der Waals surface area contributed by atoms with Crippen LogP contribution in [0.4, 0.5) is 11.5 Å². The summed E-state index contributed by atoms with van der Waals surface area (Å²) in [5.74, 6) is 0.752. The van der Waals surface area contributed by atoms with Crippen LogP contribution in [0.1, 0.15) is 42.4 Å². The third-order valence-electron chi connectivity index (χ3n) is 8.33. The van der Waals surface area contributed by atoms with E-state index in [1.807, 2.05) is 44.3 Å². The monoisotopic (exact) mass is 581 g/mol. The molecule has 0 radical (unpaired) electrons. The highest BCUT2D eigenvalue weighted by atomic mass is 35.5. The molecule has 9 nitrogen and oxygen atoms in total. The van der Waals surface area contributed by atoms with Crippen molar-refractivity contribution in [2.24, 2.45) is 0 Å². The minimum atomic E-state index is -0.410. The predicted molar refractivity (Wildman–Crippen MR) is 168 cm³/mol. The van der Waals surface area contributed by atoms with Gasteiger partial charge in [0, 0.05) is 71.5 Å². The highest BCUT2D eigenvalue weighted by molar-refractivity contribution is 6.34. The Morgan fingerprint density at radius 1 is 1.21 bits per heavy atom. The molecule has 42 heavy (non-hydrogen) atoms. The molecule has 2 aromatic heterocycles. The summed E-state index contributed by atoms with van der Waals surface area (Å²) in [7, 11) is 0. The minimum absolute atomic E-state index is 0.101. The van der Waals surface area contributed by atoms with Gasteiger partial charge in [0.25, 0.3) is 0 Å². The number of aryl methyl sites for hydroxylation is 1. The number of fused-ring (bicyclic) bond motifs is 1. The zero-order chi connectivity index (χ0) is 29.7. The lowest BCUT2D eigenvalue weighted by molar-refractivity contribution is -0.126. The number of amides is 1. The average Bonchev–Trinajstić information content (AvgIpc) is 3.83. The number of piperazine rings is 1. The molecule has 1 saturated carbocycles. The fourth-order valence-electron chi connectivity index (χ4n) is 6.04. The summed E-state index contributed by atoms with van der Waals surface area (Å²) in [6.07, 6.45) is 8.18. The smallest absolute Gasteiger partial charge is 0.354 e. The molecule has 0 unspecified atom stereocenters. The molecule has 3 heterocycles. The van der Waals surface area contributed by atoms with Crippen molar-refractivity contribution in [3.63, 3.8) is 0 Å². The third kappa shape index (κ3) is 4.63. The molecule has 3 N–H and O–H groups in total. The summed E-state index contributed by atoms with van der Waals surface area (Å²) in [5, 5.41) is 9.26. The Hall–Kier alpha value is -4.50. The maximum absolute atomic E-state index is 14.0. The Labute approximate surface area is 248 Å². The van der Waals surface area contributed by atoms with Crippen LogP contribution in [-0.2, 0) is 4.79 Å². The van der Waals surface area contributed by atoms with Crippen LogP contribution in [-0.4, -0.2) is 57.2 Å². The number of benzene rings is 2. The van der Waals surface area contributed by atoms with Gasteiger partial charge in [0.2, 0.25) is 5.91 Å². The second-order valence-corrected chi connectivity index (χ2v) is 11.5. The van der Waals surface area contributed by atoms with Gasteiger partial charge >= 0.3 is 5.69 Å². The van der Waals surface area contributed by atoms with E-state index in [1.54, 1.807) is 21.7 Å². The molecule has 1 aliphatic carbocycles. The number of nitrogens with one attached hydrogen (secondary N) is 1. The first kappa shape index (κ1) is 27.7. The van der Waals surface area contributed by atoms with Crippen molar-refractivity contribution in [3.8, 4) is 16.8 Å². The third-order valence-corrected chi connectivity index (χ3v) is 8.65. The van der Waals surface area contributed by atoms with E-state index in [0.29, 0.717) is 58.7 Å². The van der Waals surface area contributed by atoms with Gasteiger partial charge in [-0.05, 0) is 79.6 Å². The van der Waals surface area contributed by atoms with Crippen molar-refractivity contribution in [2.45, 2.75) is 38.6 Å². The molecule has 1 atom stereocenters. The van der Waals surface area contributed by atoms with Crippen molar-refractivity contribution in [1.29, 1.82) is 5.41 Å². The molecule has 6 rings (SSSR count). The van der Waals surface area contributed by atoms with E-state index >= 15 is 0 Å². The number of nitrogen functional groups attached to an aromatic ring is 1. The molecule has 214 valence electrons. The molecule has 2 aromatic carbocycles. The molecule has 1 amide bonds. The molecule has 2 fully saturated rings. The summed E-state index contributed by atoms with van der Waals surface area (Å²) in [6, 6.07) is 9.22. The standard InChI is InChI=1S/C32H32ClN7O2/c1-4-29(41)38-11-12-39(19(3)17-38)31-22-13-25(33)21(30-18(2)5-8-26(35)23(30)15-34)14-28(22)40(32(42)37-31)27-9-10-36-16-24(27)20-6-7-20/h4-5,8-10,13-16,19-20,34H,1,6-7,11-12,17,35H2,2-3H3/t19-/m0/s1. The van der Waals surface area contributed by atoms with E-state index < -0.39 is 5.69 Å². The normalized spacial score (nSPS) is 17.0. The number of carbonyl (C=O) groups excluding carboxylic acids is 1. The van der Waals surface area contributed by atoms with Crippen molar-refractivity contribution in [2.75, 3.05) is 30.3 Å². The Balaban J connectivity index is 1.63. The fraction of sp³-hybridized carbons (Fsp3) is 0.281. The summed E-state index contributed by atoms with van der Waals surface area (Å²) in [5.41, 5.74) is 11.6. The van der Waals surface area contributed by atoms with Crippen molar-refractivity contribution in [3.05, 3.63) is 87.6 Å². The van der Waals surface area contributed by atoms with Crippen LogP contribution in [0.25, 0.3) is 27.7 Å². The number of halogens is 1. The number of aromatic nitrogens is 3. The van der Waals surface area contributed by atoms with Crippen LogP contribution in [0.2, 0.25) is 5.02 Å². The zero-order valence-corrected chi connectivity index (χ0v) is 24.4. The van der Waals surface area contributed by atoms with E-state index in [4.69, 9.17) is 22.7 Å². The molecule has 2 aliphatic rings. The Morgan fingerprint density at radius 2 is 2.00 bits per heavy atom. The quantitative estimate of drug-likeness (QED) is 0.186. The largest absolute Gasteiger partial charge is 0.398 e. The summed E-state index contributed by atoms with van der Waals surface area (Å²) < 4.78 is 1.65. The fourth-order valence-corrected chi connectivity index (χ4v) is 6.30. The molecular weight excluding hydrogens is 550 g/mol. The molecular formula is C32H32ClN7O2. The number of carbonyl (C=O) groups is 1. The molecule has 10 heteroatoms. The van der Waals surface area contributed by atoms with Gasteiger partial charge in [0.15, 0.2) is 0 Å². The maximum Gasteiger partial charge on any atom is 0.354 e. The van der Waals surface area contributed by atoms with Gasteiger partial charge in [0.1, 0.15) is 5.82 Å². The highest BCUT2D eigenvalue weighted by Gasteiger charge is 2.31. The van der Waals surface area contributed by atoms with Gasteiger partial charge in [-0.2, -0.15) is 4.98 Å². The maximum atomic E-state index is 14.0. The number of nitrogens with zero attached hydrogens (tertiary/aromatic N) is 5. The molecule has 0 bridgehead atoms. The van der Waals surface area contributed by atoms with Gasteiger partial charge in [0.05, 0.1) is 11.2 Å². The second kappa shape index (κ2) is 10.7. The zero-order valence-electron chi connectivity index (χ0n) is 23.6. The number of anilines is 2. The number of nitrogens with two attached hydrogens (primary N) is 1. The van der Waals surface area contributed by atoms with Crippen LogP contribution in [0.5, 0.6) is 0 Å². The van der Waals surface area contributed by atoms with E-state index in [0.717, 1.165) is 40.6 Å². The van der Waals surface area contributed by atoms with Gasteiger partial charge in [-0.25, -0.2) is 4.79 Å². The average molecular weight is 582 g/mol. The van der Waals surface area contributed by atoms with E-state index in [-0.39, 0.29) is 11.9 Å².